The lowest BCUT2D eigenvalue weighted by atomic mass is 10.2. The molecule has 1 fully saturated rings. The van der Waals surface area contributed by atoms with Crippen molar-refractivity contribution in [3.05, 3.63) is 29.8 Å². The maximum Gasteiger partial charge on any atom is 0.251 e. The normalized spacial score (nSPS) is 17.7. The molecule has 0 radical (unpaired) electrons. The third-order valence-electron chi connectivity index (χ3n) is 2.95. The molecule has 0 aliphatic carbocycles. The Morgan fingerprint density at radius 3 is 2.89 bits per heavy atom. The van der Waals surface area contributed by atoms with E-state index in [0.29, 0.717) is 17.9 Å². The van der Waals surface area contributed by atoms with Gasteiger partial charge in [0.1, 0.15) is 12.4 Å². The minimum atomic E-state index is -0.0981. The second kappa shape index (κ2) is 6.81. The molecule has 0 aromatic heterocycles. The zero-order valence-corrected chi connectivity index (χ0v) is 10.7. The van der Waals surface area contributed by atoms with Crippen molar-refractivity contribution >= 4 is 5.91 Å². The van der Waals surface area contributed by atoms with Crippen molar-refractivity contribution in [1.29, 1.82) is 0 Å². The van der Waals surface area contributed by atoms with Crippen LogP contribution >= 0.6 is 0 Å². The highest BCUT2D eigenvalue weighted by atomic mass is 16.5. The van der Waals surface area contributed by atoms with Crippen molar-refractivity contribution in [2.24, 2.45) is 0 Å². The van der Waals surface area contributed by atoms with Gasteiger partial charge in [0, 0.05) is 18.7 Å². The molecular weight excluding hydrogens is 242 g/mol. The SMILES string of the molecule is C#CCOc1ccc(C(=O)NCC2CCCO2)cc1. The summed E-state index contributed by atoms with van der Waals surface area (Å²) in [4.78, 5) is 11.9. The molecule has 1 amide bonds. The molecule has 1 aliphatic heterocycles. The number of hydrogen-bond acceptors (Lipinski definition) is 3. The summed E-state index contributed by atoms with van der Waals surface area (Å²) < 4.78 is 10.7. The van der Waals surface area contributed by atoms with Gasteiger partial charge in [-0.25, -0.2) is 0 Å². The summed E-state index contributed by atoms with van der Waals surface area (Å²) in [6, 6.07) is 6.91. The molecule has 4 heteroatoms. The number of rotatable bonds is 5. The van der Waals surface area contributed by atoms with Gasteiger partial charge < -0.3 is 14.8 Å². The van der Waals surface area contributed by atoms with Crippen molar-refractivity contribution in [3.63, 3.8) is 0 Å². The predicted molar refractivity (Wildman–Crippen MR) is 72.1 cm³/mol. The number of carbonyl (C=O) groups excluding carboxylic acids is 1. The molecule has 1 heterocycles. The van der Waals surface area contributed by atoms with E-state index >= 15 is 0 Å². The molecule has 1 saturated heterocycles. The minimum Gasteiger partial charge on any atom is -0.481 e. The fraction of sp³-hybridized carbons (Fsp3) is 0.400. The average Bonchev–Trinajstić information content (AvgIpc) is 2.96. The predicted octanol–water partition coefficient (Wildman–Crippen LogP) is 1.61. The monoisotopic (exact) mass is 259 g/mol. The molecule has 1 N–H and O–H groups in total. The fourth-order valence-corrected chi connectivity index (χ4v) is 1.94. The quantitative estimate of drug-likeness (QED) is 0.817. The zero-order valence-electron chi connectivity index (χ0n) is 10.7. The van der Waals surface area contributed by atoms with Crippen LogP contribution in [0.5, 0.6) is 5.75 Å². The Morgan fingerprint density at radius 1 is 1.47 bits per heavy atom. The van der Waals surface area contributed by atoms with Gasteiger partial charge in [-0.3, -0.25) is 4.79 Å². The van der Waals surface area contributed by atoms with Crippen LogP contribution in [0.25, 0.3) is 0 Å². The standard InChI is InChI=1S/C15H17NO3/c1-2-9-18-13-7-5-12(6-8-13)15(17)16-11-14-4-3-10-19-14/h1,5-8,14H,3-4,9-11H2,(H,16,17). The van der Waals surface area contributed by atoms with E-state index in [2.05, 4.69) is 11.2 Å². The first-order valence-electron chi connectivity index (χ1n) is 6.35. The van der Waals surface area contributed by atoms with Crippen LogP contribution in [0.2, 0.25) is 0 Å². The van der Waals surface area contributed by atoms with Gasteiger partial charge in [-0.05, 0) is 37.1 Å². The summed E-state index contributed by atoms with van der Waals surface area (Å²) >= 11 is 0. The van der Waals surface area contributed by atoms with E-state index in [1.165, 1.54) is 0 Å². The summed E-state index contributed by atoms with van der Waals surface area (Å²) in [5, 5.41) is 2.87. The molecule has 19 heavy (non-hydrogen) atoms. The van der Waals surface area contributed by atoms with Crippen molar-refractivity contribution in [2.45, 2.75) is 18.9 Å². The number of carbonyl (C=O) groups is 1. The van der Waals surface area contributed by atoms with E-state index in [-0.39, 0.29) is 18.6 Å². The summed E-state index contributed by atoms with van der Waals surface area (Å²) in [6.07, 6.45) is 7.34. The summed E-state index contributed by atoms with van der Waals surface area (Å²) in [7, 11) is 0. The Kier molecular flexibility index (Phi) is 4.82. The van der Waals surface area contributed by atoms with Crippen LogP contribution in [0.4, 0.5) is 0 Å². The first-order valence-corrected chi connectivity index (χ1v) is 6.35. The van der Waals surface area contributed by atoms with Gasteiger partial charge in [0.15, 0.2) is 0 Å². The lowest BCUT2D eigenvalue weighted by molar-refractivity contribution is 0.0858. The molecule has 1 aromatic carbocycles. The summed E-state index contributed by atoms with van der Waals surface area (Å²) in [5.74, 6) is 2.95. The molecule has 2 rings (SSSR count). The second-order valence-corrected chi connectivity index (χ2v) is 4.36. The Morgan fingerprint density at radius 2 is 2.26 bits per heavy atom. The number of amides is 1. The number of benzene rings is 1. The summed E-state index contributed by atoms with van der Waals surface area (Å²) in [5.41, 5.74) is 0.603. The van der Waals surface area contributed by atoms with Gasteiger partial charge in [-0.2, -0.15) is 0 Å². The molecule has 0 spiro atoms. The van der Waals surface area contributed by atoms with Gasteiger partial charge in [0.05, 0.1) is 6.10 Å². The largest absolute Gasteiger partial charge is 0.481 e. The van der Waals surface area contributed by atoms with Crippen LogP contribution in [0, 0.1) is 12.3 Å². The topological polar surface area (TPSA) is 47.6 Å². The van der Waals surface area contributed by atoms with E-state index in [1.54, 1.807) is 24.3 Å². The molecule has 0 saturated carbocycles. The fourth-order valence-electron chi connectivity index (χ4n) is 1.94. The molecule has 0 bridgehead atoms. The molecule has 100 valence electrons. The maximum absolute atomic E-state index is 11.9. The summed E-state index contributed by atoms with van der Waals surface area (Å²) in [6.45, 7) is 1.58. The molecular formula is C15H17NO3. The van der Waals surface area contributed by atoms with E-state index in [0.717, 1.165) is 19.4 Å². The van der Waals surface area contributed by atoms with E-state index in [4.69, 9.17) is 15.9 Å². The number of ether oxygens (including phenoxy) is 2. The number of hydrogen-bond donors (Lipinski definition) is 1. The number of nitrogens with one attached hydrogen (secondary N) is 1. The lowest BCUT2D eigenvalue weighted by Crippen LogP contribution is -2.31. The highest BCUT2D eigenvalue weighted by molar-refractivity contribution is 5.94. The Labute approximate surface area is 113 Å². The second-order valence-electron chi connectivity index (χ2n) is 4.36. The smallest absolute Gasteiger partial charge is 0.251 e. The Hall–Kier alpha value is -1.99. The van der Waals surface area contributed by atoms with Crippen LogP contribution in [-0.2, 0) is 4.74 Å². The van der Waals surface area contributed by atoms with Crippen molar-refractivity contribution in [1.82, 2.24) is 5.32 Å². The van der Waals surface area contributed by atoms with Crippen LogP contribution < -0.4 is 10.1 Å². The minimum absolute atomic E-state index is 0.0981. The van der Waals surface area contributed by atoms with Gasteiger partial charge in [0.2, 0.25) is 0 Å². The van der Waals surface area contributed by atoms with E-state index in [9.17, 15) is 4.79 Å². The van der Waals surface area contributed by atoms with Crippen LogP contribution in [-0.4, -0.2) is 31.8 Å². The van der Waals surface area contributed by atoms with Crippen LogP contribution in [0.3, 0.4) is 0 Å². The molecule has 1 unspecified atom stereocenters. The van der Waals surface area contributed by atoms with E-state index in [1.807, 2.05) is 0 Å². The van der Waals surface area contributed by atoms with Crippen LogP contribution in [0.1, 0.15) is 23.2 Å². The van der Waals surface area contributed by atoms with Crippen molar-refractivity contribution < 1.29 is 14.3 Å². The zero-order chi connectivity index (χ0) is 13.5. The molecule has 1 aromatic rings. The van der Waals surface area contributed by atoms with Gasteiger partial charge in [0.25, 0.3) is 5.91 Å². The van der Waals surface area contributed by atoms with Gasteiger partial charge >= 0.3 is 0 Å². The first kappa shape index (κ1) is 13.4. The lowest BCUT2D eigenvalue weighted by Gasteiger charge is -2.11. The Bertz CT molecular complexity index is 455. The third-order valence-corrected chi connectivity index (χ3v) is 2.95. The van der Waals surface area contributed by atoms with Gasteiger partial charge in [-0.15, -0.1) is 6.42 Å². The first-order chi connectivity index (χ1) is 9.29. The highest BCUT2D eigenvalue weighted by Crippen LogP contribution is 2.13. The highest BCUT2D eigenvalue weighted by Gasteiger charge is 2.16. The number of terminal acetylenes is 1. The van der Waals surface area contributed by atoms with Crippen molar-refractivity contribution in [3.8, 4) is 18.1 Å². The molecule has 1 aliphatic rings. The molecule has 4 nitrogen and oxygen atoms in total. The van der Waals surface area contributed by atoms with Crippen molar-refractivity contribution in [2.75, 3.05) is 19.8 Å². The third kappa shape index (κ3) is 4.01. The molecule has 1 atom stereocenters. The van der Waals surface area contributed by atoms with Crippen LogP contribution in [0.15, 0.2) is 24.3 Å². The average molecular weight is 259 g/mol. The Balaban J connectivity index is 1.83. The maximum atomic E-state index is 11.9. The van der Waals surface area contributed by atoms with E-state index < -0.39 is 0 Å². The van der Waals surface area contributed by atoms with Gasteiger partial charge in [-0.1, -0.05) is 5.92 Å².